The van der Waals surface area contributed by atoms with E-state index >= 15 is 0 Å². The first-order chi connectivity index (χ1) is 9.13. The van der Waals surface area contributed by atoms with E-state index in [4.69, 9.17) is 27.9 Å². The molecule has 1 aliphatic heterocycles. The Morgan fingerprint density at radius 1 is 1.32 bits per heavy atom. The molecule has 3 nitrogen and oxygen atoms in total. The summed E-state index contributed by atoms with van der Waals surface area (Å²) in [4.78, 5) is 11.8. The maximum absolute atomic E-state index is 11.8. The minimum absolute atomic E-state index is 0.0186. The summed E-state index contributed by atoms with van der Waals surface area (Å²) >= 11 is 12.5. The van der Waals surface area contributed by atoms with Crippen molar-refractivity contribution < 1.29 is 9.53 Å². The highest BCUT2D eigenvalue weighted by atomic mass is 35.5. The quantitative estimate of drug-likeness (QED) is 0.864. The van der Waals surface area contributed by atoms with E-state index in [0.29, 0.717) is 10.0 Å². The summed E-state index contributed by atoms with van der Waals surface area (Å²) in [6.45, 7) is 0.130. The molecular weight excluding hydrogens is 285 g/mol. The number of benzene rings is 1. The first kappa shape index (κ1) is 13.2. The molecular formula is C14H15Cl2NO2. The maximum atomic E-state index is 11.8. The Hall–Kier alpha value is -0.770. The molecule has 5 heteroatoms. The van der Waals surface area contributed by atoms with E-state index in [-0.39, 0.29) is 18.6 Å². The van der Waals surface area contributed by atoms with Crippen LogP contribution in [-0.4, -0.2) is 18.6 Å². The van der Waals surface area contributed by atoms with Crippen molar-refractivity contribution >= 4 is 29.1 Å². The lowest BCUT2D eigenvalue weighted by atomic mass is 9.73. The summed E-state index contributed by atoms with van der Waals surface area (Å²) < 4.78 is 5.73. The third-order valence-electron chi connectivity index (χ3n) is 4.05. The smallest absolute Gasteiger partial charge is 0.246 e. The van der Waals surface area contributed by atoms with Crippen LogP contribution in [0, 0.1) is 0 Å². The van der Waals surface area contributed by atoms with E-state index in [1.165, 1.54) is 0 Å². The molecule has 1 aliphatic carbocycles. The molecule has 0 radical (unpaired) electrons. The second-order valence-electron chi connectivity index (χ2n) is 5.17. The molecule has 1 saturated heterocycles. The van der Waals surface area contributed by atoms with Gasteiger partial charge in [-0.3, -0.25) is 4.79 Å². The molecule has 102 valence electrons. The fourth-order valence-electron chi connectivity index (χ4n) is 3.19. The fourth-order valence-corrected chi connectivity index (χ4v) is 3.66. The van der Waals surface area contributed by atoms with E-state index in [1.54, 1.807) is 6.07 Å². The second-order valence-corrected chi connectivity index (χ2v) is 5.95. The molecule has 0 aromatic heterocycles. The van der Waals surface area contributed by atoms with Gasteiger partial charge in [0, 0.05) is 5.56 Å². The van der Waals surface area contributed by atoms with Crippen LogP contribution in [0.5, 0.6) is 0 Å². The monoisotopic (exact) mass is 299 g/mol. The van der Waals surface area contributed by atoms with Gasteiger partial charge in [-0.1, -0.05) is 48.2 Å². The molecule has 1 N–H and O–H groups in total. The van der Waals surface area contributed by atoms with Crippen molar-refractivity contribution in [3.05, 3.63) is 33.8 Å². The lowest BCUT2D eigenvalue weighted by Gasteiger charge is -2.48. The number of carbonyl (C=O) groups is 1. The Morgan fingerprint density at radius 2 is 2.16 bits per heavy atom. The van der Waals surface area contributed by atoms with Gasteiger partial charge in [0.1, 0.15) is 6.61 Å². The molecule has 1 aromatic rings. The van der Waals surface area contributed by atoms with Gasteiger partial charge >= 0.3 is 0 Å². The number of morpholine rings is 1. The van der Waals surface area contributed by atoms with Crippen LogP contribution in [0.25, 0.3) is 0 Å². The van der Waals surface area contributed by atoms with Crippen molar-refractivity contribution in [2.45, 2.75) is 37.3 Å². The Morgan fingerprint density at radius 3 is 3.00 bits per heavy atom. The highest BCUT2D eigenvalue weighted by molar-refractivity contribution is 6.42. The third kappa shape index (κ3) is 2.14. The van der Waals surface area contributed by atoms with Gasteiger partial charge < -0.3 is 10.1 Å². The average Bonchev–Trinajstić information content (AvgIpc) is 2.41. The molecule has 2 aliphatic rings. The van der Waals surface area contributed by atoms with Gasteiger partial charge in [-0.05, 0) is 18.9 Å². The summed E-state index contributed by atoms with van der Waals surface area (Å²) in [5.74, 6) is -0.0887. The molecule has 19 heavy (non-hydrogen) atoms. The van der Waals surface area contributed by atoms with Gasteiger partial charge in [-0.15, -0.1) is 0 Å². The van der Waals surface area contributed by atoms with Gasteiger partial charge in [-0.2, -0.15) is 0 Å². The Balaban J connectivity index is 2.11. The zero-order valence-corrected chi connectivity index (χ0v) is 11.9. The highest BCUT2D eigenvalue weighted by Gasteiger charge is 2.48. The topological polar surface area (TPSA) is 38.3 Å². The number of carbonyl (C=O) groups excluding carboxylic acids is 1. The molecule has 1 heterocycles. The number of ether oxygens (including phenoxy) is 1. The molecule has 1 amide bonds. The van der Waals surface area contributed by atoms with Crippen molar-refractivity contribution in [2.75, 3.05) is 6.61 Å². The van der Waals surface area contributed by atoms with Crippen LogP contribution in [0.3, 0.4) is 0 Å². The molecule has 2 unspecified atom stereocenters. The molecule has 0 spiro atoms. The Bertz CT molecular complexity index is 520. The first-order valence-electron chi connectivity index (χ1n) is 6.50. The van der Waals surface area contributed by atoms with Crippen molar-refractivity contribution in [1.29, 1.82) is 0 Å². The van der Waals surface area contributed by atoms with Gasteiger partial charge in [0.15, 0.2) is 0 Å². The number of nitrogens with one attached hydrogen (secondary N) is 1. The van der Waals surface area contributed by atoms with Crippen molar-refractivity contribution in [3.8, 4) is 0 Å². The average molecular weight is 300 g/mol. The summed E-state index contributed by atoms with van der Waals surface area (Å²) in [5, 5.41) is 4.14. The number of rotatable bonds is 1. The lowest BCUT2D eigenvalue weighted by Crippen LogP contribution is -2.61. The minimum atomic E-state index is -0.518. The molecule has 0 bridgehead atoms. The van der Waals surface area contributed by atoms with Gasteiger partial charge in [0.05, 0.1) is 21.7 Å². The zero-order valence-electron chi connectivity index (χ0n) is 10.4. The van der Waals surface area contributed by atoms with Crippen LogP contribution < -0.4 is 5.32 Å². The van der Waals surface area contributed by atoms with Gasteiger partial charge in [0.2, 0.25) is 5.91 Å². The van der Waals surface area contributed by atoms with Gasteiger partial charge in [0.25, 0.3) is 0 Å². The van der Waals surface area contributed by atoms with Gasteiger partial charge in [-0.25, -0.2) is 0 Å². The van der Waals surface area contributed by atoms with E-state index in [2.05, 4.69) is 5.32 Å². The van der Waals surface area contributed by atoms with E-state index < -0.39 is 5.54 Å². The normalized spacial score (nSPS) is 30.6. The molecule has 3 rings (SSSR count). The maximum Gasteiger partial charge on any atom is 0.246 e. The second kappa shape index (κ2) is 4.97. The third-order valence-corrected chi connectivity index (χ3v) is 4.87. The van der Waals surface area contributed by atoms with E-state index in [0.717, 1.165) is 31.2 Å². The summed E-state index contributed by atoms with van der Waals surface area (Å²) in [6.07, 6.45) is 3.91. The van der Waals surface area contributed by atoms with Crippen LogP contribution in [0.15, 0.2) is 18.2 Å². The fraction of sp³-hybridized carbons (Fsp3) is 0.500. The molecule has 2 fully saturated rings. The summed E-state index contributed by atoms with van der Waals surface area (Å²) in [7, 11) is 0. The van der Waals surface area contributed by atoms with Crippen LogP contribution in [0.4, 0.5) is 0 Å². The Labute approximate surface area is 122 Å². The predicted octanol–water partition coefficient (Wildman–Crippen LogP) is 3.28. The summed E-state index contributed by atoms with van der Waals surface area (Å²) in [6, 6.07) is 5.56. The standard InChI is InChI=1S/C14H15Cl2NO2/c15-10-5-3-4-9(13(10)16)14-7-2-1-6-11(14)19-8-12(18)17-14/h3-5,11H,1-2,6-8H2,(H,17,18). The van der Waals surface area contributed by atoms with Crippen molar-refractivity contribution in [2.24, 2.45) is 0 Å². The Kier molecular flexibility index (Phi) is 3.46. The number of hydrogen-bond acceptors (Lipinski definition) is 2. The molecule has 2 atom stereocenters. The van der Waals surface area contributed by atoms with Crippen molar-refractivity contribution in [3.63, 3.8) is 0 Å². The first-order valence-corrected chi connectivity index (χ1v) is 7.26. The molecule has 1 aromatic carbocycles. The minimum Gasteiger partial charge on any atom is -0.366 e. The van der Waals surface area contributed by atoms with Crippen molar-refractivity contribution in [1.82, 2.24) is 5.32 Å². The zero-order chi connectivity index (χ0) is 13.5. The SMILES string of the molecule is O=C1COC2CCCCC2(c2cccc(Cl)c2Cl)N1. The van der Waals surface area contributed by atoms with E-state index in [1.807, 2.05) is 12.1 Å². The van der Waals surface area contributed by atoms with Crippen LogP contribution >= 0.6 is 23.2 Å². The van der Waals surface area contributed by atoms with Crippen LogP contribution in [0.2, 0.25) is 10.0 Å². The summed E-state index contributed by atoms with van der Waals surface area (Å²) in [5.41, 5.74) is 0.356. The van der Waals surface area contributed by atoms with Crippen LogP contribution in [-0.2, 0) is 15.1 Å². The lowest BCUT2D eigenvalue weighted by molar-refractivity contribution is -0.148. The largest absolute Gasteiger partial charge is 0.366 e. The number of amides is 1. The highest BCUT2D eigenvalue weighted by Crippen LogP contribution is 2.44. The van der Waals surface area contributed by atoms with E-state index in [9.17, 15) is 4.79 Å². The number of hydrogen-bond donors (Lipinski definition) is 1. The predicted molar refractivity (Wildman–Crippen MR) is 74.5 cm³/mol. The number of halogens is 2. The molecule has 1 saturated carbocycles. The number of fused-ring (bicyclic) bond motifs is 1. The van der Waals surface area contributed by atoms with Crippen LogP contribution in [0.1, 0.15) is 31.2 Å².